The van der Waals surface area contributed by atoms with Gasteiger partial charge in [0.1, 0.15) is 11.5 Å². The highest BCUT2D eigenvalue weighted by atomic mass is 16.5. The van der Waals surface area contributed by atoms with Gasteiger partial charge in [0.15, 0.2) is 12.0 Å². The van der Waals surface area contributed by atoms with Crippen molar-refractivity contribution in [2.45, 2.75) is 26.9 Å². The summed E-state index contributed by atoms with van der Waals surface area (Å²) in [6.45, 7) is 5.96. The predicted octanol–water partition coefficient (Wildman–Crippen LogP) is 3.85. The van der Waals surface area contributed by atoms with Crippen LogP contribution in [-0.4, -0.2) is 12.4 Å². The van der Waals surface area contributed by atoms with E-state index in [0.29, 0.717) is 17.8 Å². The van der Waals surface area contributed by atoms with Crippen molar-refractivity contribution < 1.29 is 13.9 Å². The average Bonchev–Trinajstić information content (AvgIpc) is 2.79. The lowest BCUT2D eigenvalue weighted by Crippen LogP contribution is -2.06. The second-order valence-electron chi connectivity index (χ2n) is 4.49. The maximum Gasteiger partial charge on any atom is 0.185 e. The molecule has 0 N–H and O–H groups in total. The van der Waals surface area contributed by atoms with E-state index >= 15 is 0 Å². The van der Waals surface area contributed by atoms with E-state index in [-0.39, 0.29) is 6.10 Å². The molecule has 0 amide bonds. The molecule has 0 aliphatic heterocycles. The molecule has 1 aromatic carbocycles. The zero-order valence-electron chi connectivity index (χ0n) is 10.8. The third-order valence-electron chi connectivity index (χ3n) is 2.51. The molecule has 1 aromatic heterocycles. The predicted molar refractivity (Wildman–Crippen MR) is 70.0 cm³/mol. The van der Waals surface area contributed by atoms with Gasteiger partial charge in [-0.05, 0) is 45.0 Å². The molecule has 0 atom stereocenters. The molecule has 0 saturated heterocycles. The van der Waals surface area contributed by atoms with Gasteiger partial charge < -0.3 is 9.15 Å². The molecule has 1 heterocycles. The van der Waals surface area contributed by atoms with Crippen LogP contribution in [-0.2, 0) is 0 Å². The minimum absolute atomic E-state index is 0.0898. The van der Waals surface area contributed by atoms with Crippen molar-refractivity contribution in [3.8, 4) is 17.1 Å². The lowest BCUT2D eigenvalue weighted by Gasteiger charge is -2.13. The van der Waals surface area contributed by atoms with E-state index in [4.69, 9.17) is 9.15 Å². The van der Waals surface area contributed by atoms with E-state index in [9.17, 15) is 4.79 Å². The fraction of sp³-hybridized carbons (Fsp3) is 0.267. The largest absolute Gasteiger partial charge is 0.490 e. The molecule has 0 aliphatic carbocycles. The molecule has 0 saturated carbocycles. The highest BCUT2D eigenvalue weighted by Gasteiger charge is 2.12. The minimum atomic E-state index is 0.0898. The first-order valence-corrected chi connectivity index (χ1v) is 5.93. The number of rotatable bonds is 4. The number of carbonyl (C=O) groups is 1. The zero-order valence-corrected chi connectivity index (χ0v) is 10.8. The van der Waals surface area contributed by atoms with Gasteiger partial charge in [-0.15, -0.1) is 0 Å². The lowest BCUT2D eigenvalue weighted by molar-refractivity contribution is 0.110. The van der Waals surface area contributed by atoms with Gasteiger partial charge in [-0.3, -0.25) is 4.79 Å². The summed E-state index contributed by atoms with van der Waals surface area (Å²) in [7, 11) is 0. The van der Waals surface area contributed by atoms with E-state index in [1.807, 2.05) is 39.0 Å². The topological polar surface area (TPSA) is 39.4 Å². The Balaban J connectivity index is 2.46. The van der Waals surface area contributed by atoms with E-state index in [2.05, 4.69) is 0 Å². The number of benzene rings is 1. The van der Waals surface area contributed by atoms with Crippen LogP contribution in [0.25, 0.3) is 11.3 Å². The van der Waals surface area contributed by atoms with Crippen molar-refractivity contribution in [2.24, 2.45) is 0 Å². The Morgan fingerprint density at radius 2 is 2.00 bits per heavy atom. The Labute approximate surface area is 106 Å². The summed E-state index contributed by atoms with van der Waals surface area (Å²) in [5.41, 5.74) is 1.99. The molecular formula is C15H16O3. The minimum Gasteiger partial charge on any atom is -0.490 e. The van der Waals surface area contributed by atoms with Gasteiger partial charge in [-0.2, -0.15) is 0 Å². The van der Waals surface area contributed by atoms with Gasteiger partial charge in [0.25, 0.3) is 0 Å². The molecule has 0 bridgehead atoms. The molecule has 0 unspecified atom stereocenters. The molecule has 3 nitrogen and oxygen atoms in total. The molecule has 2 aromatic rings. The Kier molecular flexibility index (Phi) is 3.51. The van der Waals surface area contributed by atoms with Crippen molar-refractivity contribution >= 4 is 6.29 Å². The maximum absolute atomic E-state index is 10.7. The van der Waals surface area contributed by atoms with Gasteiger partial charge in [-0.25, -0.2) is 0 Å². The monoisotopic (exact) mass is 244 g/mol. The summed E-state index contributed by atoms with van der Waals surface area (Å²) in [6, 6.07) is 9.35. The summed E-state index contributed by atoms with van der Waals surface area (Å²) in [5, 5.41) is 0. The summed E-state index contributed by atoms with van der Waals surface area (Å²) < 4.78 is 11.2. The quantitative estimate of drug-likeness (QED) is 0.767. The molecule has 0 fully saturated rings. The van der Waals surface area contributed by atoms with Crippen LogP contribution in [0.15, 0.2) is 34.7 Å². The van der Waals surface area contributed by atoms with Crippen LogP contribution in [0.2, 0.25) is 0 Å². The van der Waals surface area contributed by atoms with Crippen LogP contribution in [0.1, 0.15) is 30.0 Å². The number of furan rings is 1. The normalized spacial score (nSPS) is 10.7. The molecule has 3 heteroatoms. The lowest BCUT2D eigenvalue weighted by atomic mass is 10.1. The highest BCUT2D eigenvalue weighted by Crippen LogP contribution is 2.32. The van der Waals surface area contributed by atoms with Crippen molar-refractivity contribution in [2.75, 3.05) is 0 Å². The number of aldehydes is 1. The smallest absolute Gasteiger partial charge is 0.185 e. The van der Waals surface area contributed by atoms with E-state index in [1.165, 1.54) is 0 Å². The van der Waals surface area contributed by atoms with Crippen LogP contribution in [0, 0.1) is 6.92 Å². The third-order valence-corrected chi connectivity index (χ3v) is 2.51. The Morgan fingerprint density at radius 1 is 1.22 bits per heavy atom. The molecule has 0 spiro atoms. The fourth-order valence-electron chi connectivity index (χ4n) is 1.75. The van der Waals surface area contributed by atoms with Crippen molar-refractivity contribution in [1.29, 1.82) is 0 Å². The second kappa shape index (κ2) is 5.08. The molecule has 2 rings (SSSR count). The number of aryl methyl sites for hydroxylation is 1. The first kappa shape index (κ1) is 12.4. The third kappa shape index (κ3) is 2.62. The van der Waals surface area contributed by atoms with Crippen LogP contribution >= 0.6 is 0 Å². The van der Waals surface area contributed by atoms with Crippen LogP contribution in [0.4, 0.5) is 0 Å². The van der Waals surface area contributed by atoms with Crippen molar-refractivity contribution in [3.05, 3.63) is 41.7 Å². The van der Waals surface area contributed by atoms with Crippen LogP contribution < -0.4 is 4.74 Å². The Hall–Kier alpha value is -2.03. The number of hydrogen-bond acceptors (Lipinski definition) is 3. The van der Waals surface area contributed by atoms with Gasteiger partial charge in [0.2, 0.25) is 0 Å². The summed E-state index contributed by atoms with van der Waals surface area (Å²) in [5.74, 6) is 1.74. The molecule has 0 aliphatic rings. The van der Waals surface area contributed by atoms with Gasteiger partial charge >= 0.3 is 0 Å². The standard InChI is InChI=1S/C15H16O3/c1-10(2)17-14-6-4-11(3)8-13(14)15-7-5-12(9-16)18-15/h4-10H,1-3H3. The van der Waals surface area contributed by atoms with Gasteiger partial charge in [-0.1, -0.05) is 11.6 Å². The van der Waals surface area contributed by atoms with Gasteiger partial charge in [0.05, 0.1) is 11.7 Å². The number of ether oxygens (including phenoxy) is 1. The van der Waals surface area contributed by atoms with Crippen molar-refractivity contribution in [3.63, 3.8) is 0 Å². The molecule has 94 valence electrons. The zero-order chi connectivity index (χ0) is 13.1. The second-order valence-corrected chi connectivity index (χ2v) is 4.49. The van der Waals surface area contributed by atoms with Crippen LogP contribution in [0.3, 0.4) is 0 Å². The summed E-state index contributed by atoms with van der Waals surface area (Å²) in [4.78, 5) is 10.7. The molecule has 0 radical (unpaired) electrons. The van der Waals surface area contributed by atoms with Crippen LogP contribution in [0.5, 0.6) is 5.75 Å². The molecule has 18 heavy (non-hydrogen) atoms. The summed E-state index contributed by atoms with van der Waals surface area (Å²) >= 11 is 0. The number of carbonyl (C=O) groups excluding carboxylic acids is 1. The Morgan fingerprint density at radius 3 is 2.61 bits per heavy atom. The average molecular weight is 244 g/mol. The van der Waals surface area contributed by atoms with E-state index < -0.39 is 0 Å². The maximum atomic E-state index is 10.7. The SMILES string of the molecule is Cc1ccc(OC(C)C)c(-c2ccc(C=O)o2)c1. The number of hydrogen-bond donors (Lipinski definition) is 0. The molecular weight excluding hydrogens is 228 g/mol. The first-order chi connectivity index (χ1) is 8.60. The van der Waals surface area contributed by atoms with Crippen molar-refractivity contribution in [1.82, 2.24) is 0 Å². The first-order valence-electron chi connectivity index (χ1n) is 5.93. The summed E-state index contributed by atoms with van der Waals surface area (Å²) in [6.07, 6.45) is 0.786. The highest BCUT2D eigenvalue weighted by molar-refractivity contribution is 5.74. The Bertz CT molecular complexity index is 553. The van der Waals surface area contributed by atoms with E-state index in [1.54, 1.807) is 12.1 Å². The van der Waals surface area contributed by atoms with Gasteiger partial charge in [0, 0.05) is 0 Å². The fourth-order valence-corrected chi connectivity index (χ4v) is 1.75. The van der Waals surface area contributed by atoms with E-state index in [0.717, 1.165) is 16.9 Å².